The van der Waals surface area contributed by atoms with E-state index in [1.807, 2.05) is 13.8 Å². The molecular formula is C31H36F3N5O. The van der Waals surface area contributed by atoms with Crippen molar-refractivity contribution >= 4 is 23.1 Å². The summed E-state index contributed by atoms with van der Waals surface area (Å²) in [6, 6.07) is 9.16. The van der Waals surface area contributed by atoms with Gasteiger partial charge in [0.25, 0.3) is 5.56 Å². The minimum atomic E-state index is -0.913. The number of rotatable bonds is 10. The van der Waals surface area contributed by atoms with Gasteiger partial charge in [0, 0.05) is 23.6 Å². The molecule has 0 saturated heterocycles. The summed E-state index contributed by atoms with van der Waals surface area (Å²) >= 11 is 0. The molecule has 0 aliphatic heterocycles. The molecule has 212 valence electrons. The van der Waals surface area contributed by atoms with Gasteiger partial charge in [-0.05, 0) is 74.4 Å². The van der Waals surface area contributed by atoms with Crippen LogP contribution in [0.25, 0.3) is 34.1 Å². The van der Waals surface area contributed by atoms with Gasteiger partial charge < -0.3 is 10.2 Å². The van der Waals surface area contributed by atoms with Crippen molar-refractivity contribution in [3.8, 4) is 16.9 Å². The minimum absolute atomic E-state index is 0.00144. The predicted molar refractivity (Wildman–Crippen MR) is 158 cm³/mol. The number of hydrogen-bond donors (Lipinski definition) is 1. The molecule has 4 rings (SSSR count). The Balaban J connectivity index is 0.00000216. The first-order valence-electron chi connectivity index (χ1n) is 13.6. The second kappa shape index (κ2) is 13.9. The molecule has 0 fully saturated rings. The molecule has 0 unspecified atom stereocenters. The highest BCUT2D eigenvalue weighted by Gasteiger charge is 2.21. The molecule has 0 spiro atoms. The Kier molecular flexibility index (Phi) is 10.6. The Morgan fingerprint density at radius 3 is 2.30 bits per heavy atom. The van der Waals surface area contributed by atoms with Crippen molar-refractivity contribution in [3.63, 3.8) is 0 Å². The van der Waals surface area contributed by atoms with Gasteiger partial charge in [-0.3, -0.25) is 9.36 Å². The lowest BCUT2D eigenvalue weighted by Gasteiger charge is -2.18. The van der Waals surface area contributed by atoms with Gasteiger partial charge in [-0.2, -0.15) is 4.98 Å². The maximum absolute atomic E-state index is 14.9. The standard InChI is InChI=1S/C29H30F3N5O.C2H6/c1-5-19-16-21(18(4)24(32)17-19)26-20-12-13-25(38)37(27-22(30)10-8-11-23(27)31)28(20)35-29(34-26)33-14-9-15-36(6-2)7-3;1-2/h5,8,10-13,16-17H,1,6-7,9,14-15H2,2-4H3,(H,33,34,35);1-2H3. The molecule has 0 atom stereocenters. The fraction of sp³-hybridized carbons (Fsp3) is 0.323. The molecule has 0 amide bonds. The number of fused-ring (bicyclic) bond motifs is 1. The van der Waals surface area contributed by atoms with Crippen LogP contribution in [-0.4, -0.2) is 45.6 Å². The first-order chi connectivity index (χ1) is 19.3. The maximum Gasteiger partial charge on any atom is 0.256 e. The SMILES string of the molecule is C=Cc1cc(F)c(C)c(-c2nc(NCCCN(CC)CC)nc3c2ccc(=O)n3-c2c(F)cccc2F)c1.CC. The van der Waals surface area contributed by atoms with Crippen molar-refractivity contribution in [1.82, 2.24) is 19.4 Å². The van der Waals surface area contributed by atoms with E-state index in [2.05, 4.69) is 40.6 Å². The number of pyridine rings is 1. The summed E-state index contributed by atoms with van der Waals surface area (Å²) in [5.41, 5.74) is 0.449. The number of anilines is 1. The second-order valence-corrected chi connectivity index (χ2v) is 8.90. The van der Waals surface area contributed by atoms with Crippen LogP contribution in [0.4, 0.5) is 19.1 Å². The zero-order valence-corrected chi connectivity index (χ0v) is 23.7. The Hall–Kier alpha value is -3.98. The lowest BCUT2D eigenvalue weighted by molar-refractivity contribution is 0.303. The van der Waals surface area contributed by atoms with E-state index in [0.29, 0.717) is 34.3 Å². The molecule has 1 N–H and O–H groups in total. The van der Waals surface area contributed by atoms with Gasteiger partial charge in [-0.15, -0.1) is 0 Å². The topological polar surface area (TPSA) is 63.1 Å². The molecule has 0 saturated carbocycles. The first kappa shape index (κ1) is 30.6. The van der Waals surface area contributed by atoms with E-state index < -0.39 is 28.7 Å². The highest BCUT2D eigenvalue weighted by atomic mass is 19.1. The van der Waals surface area contributed by atoms with Crippen molar-refractivity contribution in [3.05, 3.63) is 88.0 Å². The van der Waals surface area contributed by atoms with E-state index in [9.17, 15) is 18.0 Å². The molecule has 40 heavy (non-hydrogen) atoms. The summed E-state index contributed by atoms with van der Waals surface area (Å²) in [6.07, 6.45) is 2.31. The lowest BCUT2D eigenvalue weighted by Crippen LogP contribution is -2.25. The van der Waals surface area contributed by atoms with Crippen molar-refractivity contribution < 1.29 is 13.2 Å². The molecule has 2 aromatic heterocycles. The summed E-state index contributed by atoms with van der Waals surface area (Å²) in [7, 11) is 0. The van der Waals surface area contributed by atoms with E-state index in [4.69, 9.17) is 0 Å². The Labute approximate surface area is 233 Å². The van der Waals surface area contributed by atoms with E-state index in [0.717, 1.165) is 42.8 Å². The Morgan fingerprint density at radius 1 is 1.00 bits per heavy atom. The molecule has 2 aromatic carbocycles. The van der Waals surface area contributed by atoms with Gasteiger partial charge in [-0.1, -0.05) is 46.4 Å². The quantitative estimate of drug-likeness (QED) is 0.215. The molecule has 0 aliphatic rings. The van der Waals surface area contributed by atoms with E-state index >= 15 is 0 Å². The van der Waals surface area contributed by atoms with Crippen molar-refractivity contribution in [1.29, 1.82) is 0 Å². The number of aromatic nitrogens is 3. The van der Waals surface area contributed by atoms with Crippen molar-refractivity contribution in [2.75, 3.05) is 31.5 Å². The molecule has 9 heteroatoms. The Bertz CT molecular complexity index is 1530. The Morgan fingerprint density at radius 2 is 1.68 bits per heavy atom. The molecule has 6 nitrogen and oxygen atoms in total. The third-order valence-corrected chi connectivity index (χ3v) is 6.60. The molecule has 2 heterocycles. The summed E-state index contributed by atoms with van der Waals surface area (Å²) in [5.74, 6) is -2.12. The largest absolute Gasteiger partial charge is 0.354 e. The van der Waals surface area contributed by atoms with Gasteiger partial charge in [0.15, 0.2) is 5.65 Å². The van der Waals surface area contributed by atoms with Crippen LogP contribution < -0.4 is 10.9 Å². The van der Waals surface area contributed by atoms with Crippen LogP contribution in [-0.2, 0) is 0 Å². The van der Waals surface area contributed by atoms with Crippen LogP contribution >= 0.6 is 0 Å². The summed E-state index contributed by atoms with van der Waals surface area (Å²) < 4.78 is 45.5. The normalized spacial score (nSPS) is 10.9. The van der Waals surface area contributed by atoms with Gasteiger partial charge in [-0.25, -0.2) is 18.2 Å². The van der Waals surface area contributed by atoms with Crippen LogP contribution in [0.15, 0.2) is 53.8 Å². The zero-order chi connectivity index (χ0) is 29.4. The number of nitrogens with zero attached hydrogens (tertiary/aromatic N) is 4. The third kappa shape index (κ3) is 6.42. The molecule has 0 aliphatic carbocycles. The average Bonchev–Trinajstić information content (AvgIpc) is 2.96. The molecule has 0 bridgehead atoms. The van der Waals surface area contributed by atoms with Gasteiger partial charge in [0.05, 0.1) is 5.69 Å². The van der Waals surface area contributed by atoms with Gasteiger partial charge in [0.1, 0.15) is 23.1 Å². The number of nitrogens with one attached hydrogen (secondary N) is 1. The minimum Gasteiger partial charge on any atom is -0.354 e. The van der Waals surface area contributed by atoms with Crippen molar-refractivity contribution in [2.24, 2.45) is 0 Å². The van der Waals surface area contributed by atoms with Crippen LogP contribution in [0.3, 0.4) is 0 Å². The predicted octanol–water partition coefficient (Wildman–Crippen LogP) is 6.99. The van der Waals surface area contributed by atoms with Crippen LogP contribution in [0.1, 0.15) is 45.2 Å². The smallest absolute Gasteiger partial charge is 0.256 e. The number of benzene rings is 2. The van der Waals surface area contributed by atoms with E-state index in [-0.39, 0.29) is 11.6 Å². The van der Waals surface area contributed by atoms with Crippen LogP contribution in [0.2, 0.25) is 0 Å². The number of hydrogen-bond acceptors (Lipinski definition) is 5. The zero-order valence-electron chi connectivity index (χ0n) is 23.7. The fourth-order valence-corrected chi connectivity index (χ4v) is 4.42. The highest BCUT2D eigenvalue weighted by Crippen LogP contribution is 2.33. The summed E-state index contributed by atoms with van der Waals surface area (Å²) in [5, 5.41) is 3.51. The fourth-order valence-electron chi connectivity index (χ4n) is 4.42. The number of halogens is 3. The molecule has 4 aromatic rings. The van der Waals surface area contributed by atoms with E-state index in [1.54, 1.807) is 13.0 Å². The highest BCUT2D eigenvalue weighted by molar-refractivity contribution is 5.93. The third-order valence-electron chi connectivity index (χ3n) is 6.60. The van der Waals surface area contributed by atoms with E-state index in [1.165, 1.54) is 30.3 Å². The monoisotopic (exact) mass is 551 g/mol. The van der Waals surface area contributed by atoms with Crippen LogP contribution in [0.5, 0.6) is 0 Å². The summed E-state index contributed by atoms with van der Waals surface area (Å²) in [4.78, 5) is 24.5. The van der Waals surface area contributed by atoms with Crippen molar-refractivity contribution in [2.45, 2.75) is 41.0 Å². The van der Waals surface area contributed by atoms with Gasteiger partial charge >= 0.3 is 0 Å². The van der Waals surface area contributed by atoms with Gasteiger partial charge in [0.2, 0.25) is 5.95 Å². The molecule has 0 radical (unpaired) electrons. The second-order valence-electron chi connectivity index (χ2n) is 8.90. The first-order valence-corrected chi connectivity index (χ1v) is 13.6. The number of para-hydroxylation sites is 1. The van der Waals surface area contributed by atoms with Crippen LogP contribution in [0, 0.1) is 24.4 Å². The lowest BCUT2D eigenvalue weighted by atomic mass is 9.99. The maximum atomic E-state index is 14.9. The summed E-state index contributed by atoms with van der Waals surface area (Å²) in [6.45, 7) is 16.8. The molecular weight excluding hydrogens is 515 g/mol. The average molecular weight is 552 g/mol.